The van der Waals surface area contributed by atoms with Gasteiger partial charge in [-0.25, -0.2) is 9.78 Å². The van der Waals surface area contributed by atoms with E-state index in [0.29, 0.717) is 11.6 Å². The van der Waals surface area contributed by atoms with Crippen molar-refractivity contribution in [1.29, 1.82) is 0 Å². The van der Waals surface area contributed by atoms with Crippen molar-refractivity contribution in [2.24, 2.45) is 5.73 Å². The van der Waals surface area contributed by atoms with Gasteiger partial charge in [-0.05, 0) is 11.6 Å². The Labute approximate surface area is 133 Å². The van der Waals surface area contributed by atoms with Gasteiger partial charge in [-0.1, -0.05) is 30.3 Å². The van der Waals surface area contributed by atoms with E-state index in [-0.39, 0.29) is 12.3 Å². The molecule has 0 aliphatic rings. The summed E-state index contributed by atoms with van der Waals surface area (Å²) in [6, 6.07) is 11.3. The van der Waals surface area contributed by atoms with Crippen molar-refractivity contribution in [2.45, 2.75) is 12.5 Å². The molecule has 0 saturated heterocycles. The van der Waals surface area contributed by atoms with Gasteiger partial charge >= 0.3 is 6.03 Å². The average molecular weight is 314 g/mol. The fraction of sp³-hybridized carbons (Fsp3) is 0.188. The number of hydrogen-bond acceptors (Lipinski definition) is 4. The van der Waals surface area contributed by atoms with Crippen LogP contribution in [0.2, 0.25) is 0 Å². The quantitative estimate of drug-likeness (QED) is 0.756. The van der Waals surface area contributed by atoms with Gasteiger partial charge in [0.2, 0.25) is 11.8 Å². The van der Waals surface area contributed by atoms with Gasteiger partial charge < -0.3 is 21.1 Å². The van der Waals surface area contributed by atoms with Gasteiger partial charge in [0.1, 0.15) is 0 Å². The molecule has 0 bridgehead atoms. The number of urea groups is 1. The zero-order chi connectivity index (χ0) is 16.7. The van der Waals surface area contributed by atoms with Crippen molar-refractivity contribution in [3.63, 3.8) is 0 Å². The Kier molecular flexibility index (Phi) is 5.51. The monoisotopic (exact) mass is 314 g/mol. The Morgan fingerprint density at radius 2 is 1.96 bits per heavy atom. The molecule has 2 rings (SSSR count). The molecule has 1 aromatic heterocycles. The second-order valence-corrected chi connectivity index (χ2v) is 4.81. The topological polar surface area (TPSA) is 106 Å². The molecule has 7 heteroatoms. The maximum Gasteiger partial charge on any atom is 0.312 e. The molecular weight excluding hydrogens is 296 g/mol. The van der Waals surface area contributed by atoms with Crippen LogP contribution in [0.3, 0.4) is 0 Å². The molecule has 3 amide bonds. The Morgan fingerprint density at radius 1 is 1.22 bits per heavy atom. The lowest BCUT2D eigenvalue weighted by molar-refractivity contribution is -0.116. The number of benzene rings is 1. The van der Waals surface area contributed by atoms with Crippen molar-refractivity contribution in [3.8, 4) is 5.88 Å². The summed E-state index contributed by atoms with van der Waals surface area (Å²) in [7, 11) is 1.51. The summed E-state index contributed by atoms with van der Waals surface area (Å²) in [6.45, 7) is 0. The highest BCUT2D eigenvalue weighted by atomic mass is 16.5. The number of carbonyl (C=O) groups is 2. The van der Waals surface area contributed by atoms with Gasteiger partial charge in [0.05, 0.1) is 31.5 Å². The summed E-state index contributed by atoms with van der Waals surface area (Å²) in [5.41, 5.74) is 6.53. The van der Waals surface area contributed by atoms with E-state index in [1.807, 2.05) is 30.3 Å². The van der Waals surface area contributed by atoms with Crippen LogP contribution in [0.15, 0.2) is 48.7 Å². The van der Waals surface area contributed by atoms with Gasteiger partial charge in [-0.3, -0.25) is 4.79 Å². The zero-order valence-electron chi connectivity index (χ0n) is 12.7. The lowest BCUT2D eigenvalue weighted by Crippen LogP contribution is -2.35. The normalized spacial score (nSPS) is 11.3. The molecule has 4 N–H and O–H groups in total. The standard InChI is InChI=1S/C16H18N4O3/c1-23-15-8-7-12(10-18-15)19-14(21)9-13(20-16(17)22)11-5-3-2-4-6-11/h2-8,10,13H,9H2,1H3,(H,19,21)(H3,17,20,22)/t13-/m0/s1. The molecule has 0 saturated carbocycles. The minimum Gasteiger partial charge on any atom is -0.481 e. The summed E-state index contributed by atoms with van der Waals surface area (Å²) < 4.78 is 4.96. The van der Waals surface area contributed by atoms with Crippen molar-refractivity contribution < 1.29 is 14.3 Å². The summed E-state index contributed by atoms with van der Waals surface area (Å²) in [5.74, 6) is 0.195. The fourth-order valence-electron chi connectivity index (χ4n) is 2.08. The number of nitrogens with one attached hydrogen (secondary N) is 2. The SMILES string of the molecule is COc1ccc(NC(=O)C[C@H](NC(N)=O)c2ccccc2)cn1. The second kappa shape index (κ2) is 7.79. The number of primary amides is 1. The molecule has 23 heavy (non-hydrogen) atoms. The van der Waals surface area contributed by atoms with Crippen LogP contribution in [0.1, 0.15) is 18.0 Å². The predicted molar refractivity (Wildman–Crippen MR) is 85.9 cm³/mol. The Balaban J connectivity index is 2.03. The number of rotatable bonds is 6. The molecule has 120 valence electrons. The summed E-state index contributed by atoms with van der Waals surface area (Å²) in [5, 5.41) is 5.29. The fourth-order valence-corrected chi connectivity index (χ4v) is 2.08. The van der Waals surface area contributed by atoms with E-state index in [1.165, 1.54) is 13.3 Å². The average Bonchev–Trinajstić information content (AvgIpc) is 2.55. The van der Waals surface area contributed by atoms with E-state index in [1.54, 1.807) is 12.1 Å². The van der Waals surface area contributed by atoms with Crippen molar-refractivity contribution in [2.75, 3.05) is 12.4 Å². The summed E-state index contributed by atoms with van der Waals surface area (Å²) in [6.07, 6.45) is 1.55. The van der Waals surface area contributed by atoms with E-state index in [0.717, 1.165) is 5.56 Å². The molecule has 2 aromatic rings. The molecule has 0 spiro atoms. The van der Waals surface area contributed by atoms with Crippen LogP contribution < -0.4 is 21.1 Å². The molecular formula is C16H18N4O3. The Bertz CT molecular complexity index is 659. The van der Waals surface area contributed by atoms with Gasteiger partial charge in [-0.15, -0.1) is 0 Å². The third kappa shape index (κ3) is 4.99. The number of amides is 3. The molecule has 0 radical (unpaired) electrons. The summed E-state index contributed by atoms with van der Waals surface area (Å²) >= 11 is 0. The van der Waals surface area contributed by atoms with Crippen molar-refractivity contribution in [1.82, 2.24) is 10.3 Å². The molecule has 0 fully saturated rings. The first-order chi connectivity index (χ1) is 11.1. The van der Waals surface area contributed by atoms with Crippen LogP contribution in [-0.4, -0.2) is 24.0 Å². The maximum atomic E-state index is 12.2. The number of carbonyl (C=O) groups excluding carboxylic acids is 2. The highest BCUT2D eigenvalue weighted by Gasteiger charge is 2.17. The number of nitrogens with two attached hydrogens (primary N) is 1. The van der Waals surface area contributed by atoms with Crippen molar-refractivity contribution in [3.05, 3.63) is 54.2 Å². The minimum absolute atomic E-state index is 0.0545. The number of ether oxygens (including phenoxy) is 1. The van der Waals surface area contributed by atoms with Crippen LogP contribution >= 0.6 is 0 Å². The van der Waals surface area contributed by atoms with Crippen molar-refractivity contribution >= 4 is 17.6 Å². The summed E-state index contributed by atoms with van der Waals surface area (Å²) in [4.78, 5) is 27.3. The predicted octanol–water partition coefficient (Wildman–Crippen LogP) is 1.83. The molecule has 0 aliphatic heterocycles. The Hall–Kier alpha value is -3.09. The van der Waals surface area contributed by atoms with Gasteiger partial charge in [0.15, 0.2) is 0 Å². The molecule has 7 nitrogen and oxygen atoms in total. The lowest BCUT2D eigenvalue weighted by atomic mass is 10.0. The van der Waals surface area contributed by atoms with E-state index < -0.39 is 12.1 Å². The zero-order valence-corrected chi connectivity index (χ0v) is 12.7. The lowest BCUT2D eigenvalue weighted by Gasteiger charge is -2.17. The van der Waals surface area contributed by atoms with Crippen LogP contribution in [0, 0.1) is 0 Å². The molecule has 1 heterocycles. The molecule has 1 atom stereocenters. The first kappa shape index (κ1) is 16.3. The third-order valence-electron chi connectivity index (χ3n) is 3.14. The highest BCUT2D eigenvalue weighted by Crippen LogP contribution is 2.18. The van der Waals surface area contributed by atoms with Gasteiger partial charge in [0, 0.05) is 6.07 Å². The Morgan fingerprint density at radius 3 is 2.52 bits per heavy atom. The second-order valence-electron chi connectivity index (χ2n) is 4.81. The van der Waals surface area contributed by atoms with Crippen LogP contribution in [0.4, 0.5) is 10.5 Å². The van der Waals surface area contributed by atoms with Crippen LogP contribution in [0.5, 0.6) is 5.88 Å². The van der Waals surface area contributed by atoms with E-state index in [2.05, 4.69) is 15.6 Å². The number of methoxy groups -OCH3 is 1. The number of pyridine rings is 1. The number of hydrogen-bond donors (Lipinski definition) is 3. The first-order valence-electron chi connectivity index (χ1n) is 6.99. The van der Waals surface area contributed by atoms with Gasteiger partial charge in [-0.2, -0.15) is 0 Å². The van der Waals surface area contributed by atoms with Gasteiger partial charge in [0.25, 0.3) is 0 Å². The van der Waals surface area contributed by atoms with E-state index in [4.69, 9.17) is 10.5 Å². The third-order valence-corrected chi connectivity index (χ3v) is 3.14. The largest absolute Gasteiger partial charge is 0.481 e. The van der Waals surface area contributed by atoms with E-state index in [9.17, 15) is 9.59 Å². The van der Waals surface area contributed by atoms with E-state index >= 15 is 0 Å². The molecule has 0 aliphatic carbocycles. The number of anilines is 1. The van der Waals surface area contributed by atoms with Crippen LogP contribution in [-0.2, 0) is 4.79 Å². The first-order valence-corrected chi connectivity index (χ1v) is 6.99. The molecule has 1 aromatic carbocycles. The minimum atomic E-state index is -0.683. The van der Waals surface area contributed by atoms with Crippen LogP contribution in [0.25, 0.3) is 0 Å². The maximum absolute atomic E-state index is 12.2. The smallest absolute Gasteiger partial charge is 0.312 e. The number of nitrogens with zero attached hydrogens (tertiary/aromatic N) is 1. The highest BCUT2D eigenvalue weighted by molar-refractivity contribution is 5.91. The molecule has 0 unspecified atom stereocenters. The number of aromatic nitrogens is 1.